The van der Waals surface area contributed by atoms with Crippen molar-refractivity contribution in [1.82, 2.24) is 0 Å². The molecule has 0 aliphatic carbocycles. The molecule has 0 fully saturated rings. The van der Waals surface area contributed by atoms with E-state index < -0.39 is 85.5 Å². The Bertz CT molecular complexity index is 1470. The molecule has 0 aromatic heterocycles. The lowest BCUT2D eigenvalue weighted by Gasteiger charge is -2.19. The van der Waals surface area contributed by atoms with Crippen molar-refractivity contribution in [2.75, 3.05) is 39.6 Å². The van der Waals surface area contributed by atoms with Crippen LogP contribution in [0.4, 0.5) is 0 Å². The van der Waals surface area contributed by atoms with E-state index in [4.69, 9.17) is 18.5 Å². The molecule has 0 aromatic carbocycles. The summed E-state index contributed by atoms with van der Waals surface area (Å²) in [5.74, 6) is -1.02. The van der Waals surface area contributed by atoms with Crippen LogP contribution in [0.15, 0.2) is 48.6 Å². The van der Waals surface area contributed by atoms with Crippen molar-refractivity contribution in [3.8, 4) is 0 Å². The molecule has 0 bridgehead atoms. The van der Waals surface area contributed by atoms with Crippen LogP contribution in [-0.4, -0.2) is 95.0 Å². The summed E-state index contributed by atoms with van der Waals surface area (Å²) in [5.41, 5.74) is 0. The number of carbonyl (C=O) groups excluding carboxylic acids is 2. The minimum Gasteiger partial charge on any atom is -0.463 e. The third-order valence-electron chi connectivity index (χ3n) is 11.8. The van der Waals surface area contributed by atoms with E-state index >= 15 is 0 Å². The number of phosphoric acid groups is 2. The van der Waals surface area contributed by atoms with Crippen LogP contribution < -0.4 is 0 Å². The Labute approximate surface area is 436 Å². The van der Waals surface area contributed by atoms with E-state index in [1.807, 2.05) is 0 Å². The Hall–Kier alpha value is -2.00. The molecule has 5 unspecified atom stereocenters. The number of esters is 2. The van der Waals surface area contributed by atoms with Gasteiger partial charge in [-0.25, -0.2) is 9.13 Å². The second-order valence-corrected chi connectivity index (χ2v) is 21.9. The van der Waals surface area contributed by atoms with Crippen molar-refractivity contribution in [1.29, 1.82) is 0 Å². The van der Waals surface area contributed by atoms with Crippen LogP contribution in [-0.2, 0) is 46.3 Å². The number of aliphatic hydroxyl groups excluding tert-OH is 3. The monoisotopic (exact) mass is 1060 g/mol. The first-order valence-corrected chi connectivity index (χ1v) is 31.0. The number of allylic oxidation sites excluding steroid dienone is 8. The standard InChI is InChI=1S/C55H102O15P2/c1-3-5-7-9-11-13-15-17-19-21-23-24-26-28-30-32-34-36-38-40-42-44-55(60)66-46-52(57)48-68-72(63,64)70-50-53(58)49-69-71(61,62)67-47-51(56)45-65-54(59)43-41-39-37-35-33-31-29-27-25-22-20-18-16-14-12-10-8-6-4-2/h12,14,18,20,25,27,31,33,51-53,56-58H,3-11,13,15-17,19,21-24,26,28-30,32,34-50H2,1-2H3,(H,61,62)(H,63,64)/b14-12-,20-18-,27-25-,33-31-. The lowest BCUT2D eigenvalue weighted by atomic mass is 10.0. The Morgan fingerprint density at radius 1 is 0.361 bits per heavy atom. The van der Waals surface area contributed by atoms with Gasteiger partial charge in [0.2, 0.25) is 0 Å². The Morgan fingerprint density at radius 2 is 0.597 bits per heavy atom. The van der Waals surface area contributed by atoms with E-state index in [0.29, 0.717) is 12.8 Å². The van der Waals surface area contributed by atoms with Crippen LogP contribution in [0.2, 0.25) is 0 Å². The highest BCUT2D eigenvalue weighted by Crippen LogP contribution is 2.45. The number of hydrogen-bond donors (Lipinski definition) is 5. The van der Waals surface area contributed by atoms with Gasteiger partial charge in [-0.3, -0.25) is 27.7 Å². The lowest BCUT2D eigenvalue weighted by Crippen LogP contribution is -2.25. The zero-order valence-electron chi connectivity index (χ0n) is 44.8. The molecular formula is C55H102O15P2. The van der Waals surface area contributed by atoms with Gasteiger partial charge in [0.15, 0.2) is 0 Å². The predicted molar refractivity (Wildman–Crippen MR) is 288 cm³/mol. The summed E-state index contributed by atoms with van der Waals surface area (Å²) in [6.07, 6.45) is 50.9. The summed E-state index contributed by atoms with van der Waals surface area (Å²) in [6, 6.07) is 0. The number of ether oxygens (including phenoxy) is 2. The van der Waals surface area contributed by atoms with E-state index in [9.17, 15) is 43.8 Å². The Morgan fingerprint density at radius 3 is 0.917 bits per heavy atom. The van der Waals surface area contributed by atoms with Crippen molar-refractivity contribution >= 4 is 27.6 Å². The van der Waals surface area contributed by atoms with Gasteiger partial charge in [-0.2, -0.15) is 0 Å². The fourth-order valence-electron chi connectivity index (χ4n) is 7.43. The number of phosphoric ester groups is 2. The second kappa shape index (κ2) is 51.1. The van der Waals surface area contributed by atoms with Crippen LogP contribution in [0, 0.1) is 0 Å². The van der Waals surface area contributed by atoms with Crippen LogP contribution in [0.25, 0.3) is 0 Å². The summed E-state index contributed by atoms with van der Waals surface area (Å²) in [6.45, 7) is 0.399. The van der Waals surface area contributed by atoms with Gasteiger partial charge in [0.1, 0.15) is 31.5 Å². The first kappa shape index (κ1) is 70.0. The number of carbonyl (C=O) groups is 2. The van der Waals surface area contributed by atoms with Crippen LogP contribution in [0.5, 0.6) is 0 Å². The van der Waals surface area contributed by atoms with E-state index in [1.54, 1.807) is 0 Å². The summed E-state index contributed by atoms with van der Waals surface area (Å²) in [5, 5.41) is 30.1. The first-order valence-electron chi connectivity index (χ1n) is 28.0. The molecule has 0 rings (SSSR count). The van der Waals surface area contributed by atoms with Gasteiger partial charge in [-0.1, -0.05) is 210 Å². The summed E-state index contributed by atoms with van der Waals surface area (Å²) >= 11 is 0. The molecule has 0 heterocycles. The minimum atomic E-state index is -4.80. The fraction of sp³-hybridized carbons (Fsp3) is 0.818. The second-order valence-electron chi connectivity index (χ2n) is 19.0. The topological polar surface area (TPSA) is 225 Å². The molecule has 0 aromatic rings. The van der Waals surface area contributed by atoms with Crippen molar-refractivity contribution in [3.05, 3.63) is 48.6 Å². The molecular weight excluding hydrogens is 963 g/mol. The van der Waals surface area contributed by atoms with E-state index in [1.165, 1.54) is 128 Å². The van der Waals surface area contributed by atoms with Crippen molar-refractivity contribution in [3.63, 3.8) is 0 Å². The fourth-order valence-corrected chi connectivity index (χ4v) is 9.02. The highest BCUT2D eigenvalue weighted by Gasteiger charge is 2.28. The quantitative estimate of drug-likeness (QED) is 0.0165. The SMILES string of the molecule is CCCCC/C=C\C/C=C\C/C=C\C/C=C\CCCCCC(=O)OCC(O)COP(=O)(O)OCC(O)COP(=O)(O)OCC(O)COC(=O)CCCCCCCCCCCCCCCCCCCCCCC. The molecule has 0 radical (unpaired) electrons. The molecule has 0 aliphatic heterocycles. The van der Waals surface area contributed by atoms with Crippen LogP contribution >= 0.6 is 15.6 Å². The Balaban J connectivity index is 3.84. The average molecular weight is 1070 g/mol. The lowest BCUT2D eigenvalue weighted by molar-refractivity contribution is -0.148. The van der Waals surface area contributed by atoms with E-state index in [0.717, 1.165) is 64.2 Å². The van der Waals surface area contributed by atoms with Gasteiger partial charge in [0.25, 0.3) is 0 Å². The normalized spacial score (nSPS) is 15.2. The molecule has 15 nitrogen and oxygen atoms in total. The molecule has 0 saturated heterocycles. The van der Waals surface area contributed by atoms with Crippen LogP contribution in [0.3, 0.4) is 0 Å². The summed E-state index contributed by atoms with van der Waals surface area (Å²) < 4.78 is 53.2. The van der Waals surface area contributed by atoms with E-state index in [2.05, 4.69) is 71.5 Å². The molecule has 0 spiro atoms. The maximum atomic E-state index is 12.2. The Kier molecular flexibility index (Phi) is 49.7. The highest BCUT2D eigenvalue weighted by atomic mass is 31.2. The smallest absolute Gasteiger partial charge is 0.463 e. The molecule has 0 amide bonds. The maximum absolute atomic E-state index is 12.2. The number of hydrogen-bond acceptors (Lipinski definition) is 13. The first-order chi connectivity index (χ1) is 34.8. The van der Waals surface area contributed by atoms with Gasteiger partial charge < -0.3 is 34.6 Å². The summed E-state index contributed by atoms with van der Waals surface area (Å²) in [4.78, 5) is 43.9. The third-order valence-corrected chi connectivity index (χ3v) is 13.7. The molecule has 5 N–H and O–H groups in total. The van der Waals surface area contributed by atoms with Crippen molar-refractivity contribution < 1.29 is 71.4 Å². The van der Waals surface area contributed by atoms with Gasteiger partial charge in [0, 0.05) is 12.8 Å². The third kappa shape index (κ3) is 52.8. The molecule has 0 aliphatic rings. The van der Waals surface area contributed by atoms with Gasteiger partial charge in [-0.15, -0.1) is 0 Å². The molecule has 17 heteroatoms. The van der Waals surface area contributed by atoms with Crippen molar-refractivity contribution in [2.45, 2.75) is 250 Å². The van der Waals surface area contributed by atoms with Gasteiger partial charge in [0.05, 0.1) is 26.4 Å². The largest absolute Gasteiger partial charge is 0.472 e. The minimum absolute atomic E-state index is 0.158. The zero-order valence-corrected chi connectivity index (χ0v) is 46.6. The van der Waals surface area contributed by atoms with Crippen molar-refractivity contribution in [2.24, 2.45) is 0 Å². The molecule has 72 heavy (non-hydrogen) atoms. The van der Waals surface area contributed by atoms with Gasteiger partial charge in [-0.05, 0) is 57.8 Å². The van der Waals surface area contributed by atoms with E-state index in [-0.39, 0.29) is 12.8 Å². The average Bonchev–Trinajstić information content (AvgIpc) is 3.36. The van der Waals surface area contributed by atoms with Gasteiger partial charge >= 0.3 is 27.6 Å². The zero-order chi connectivity index (χ0) is 53.1. The number of rotatable bonds is 54. The maximum Gasteiger partial charge on any atom is 0.472 e. The summed E-state index contributed by atoms with van der Waals surface area (Å²) in [7, 11) is -9.59. The molecule has 5 atom stereocenters. The molecule has 0 saturated carbocycles. The predicted octanol–water partition coefficient (Wildman–Crippen LogP) is 14.0. The number of unbranched alkanes of at least 4 members (excludes halogenated alkanes) is 26. The number of aliphatic hydroxyl groups is 3. The molecule has 422 valence electrons. The van der Waals surface area contributed by atoms with Crippen LogP contribution in [0.1, 0.15) is 232 Å². The highest BCUT2D eigenvalue weighted by molar-refractivity contribution is 7.47.